The molecule has 3 rings (SSSR count). The fourth-order valence-electron chi connectivity index (χ4n) is 3.34. The number of hydrogen-bond acceptors (Lipinski definition) is 5. The highest BCUT2D eigenvalue weighted by molar-refractivity contribution is 7.92. The molecule has 3 aliphatic rings. The number of ether oxygens (including phenoxy) is 1. The molecule has 0 aromatic rings. The van der Waals surface area contributed by atoms with E-state index >= 15 is 0 Å². The number of nitrogens with zero attached hydrogens (tertiary/aromatic N) is 1. The second-order valence-corrected chi connectivity index (χ2v) is 8.31. The molecule has 0 bridgehead atoms. The number of aliphatic hydroxyl groups excluding tert-OH is 1. The van der Waals surface area contributed by atoms with Crippen LogP contribution in [0.3, 0.4) is 0 Å². The second-order valence-electron chi connectivity index (χ2n) is 6.32. The van der Waals surface area contributed by atoms with E-state index in [1.54, 1.807) is 6.92 Å². The fourth-order valence-corrected chi connectivity index (χ4v) is 5.17. The summed E-state index contributed by atoms with van der Waals surface area (Å²) in [6.07, 6.45) is 6.44. The van der Waals surface area contributed by atoms with Crippen LogP contribution in [0.4, 0.5) is 0 Å². The molecule has 0 aromatic heterocycles. The molecule has 2 saturated carbocycles. The average molecular weight is 302 g/mol. The van der Waals surface area contributed by atoms with Crippen molar-refractivity contribution in [3.63, 3.8) is 0 Å². The monoisotopic (exact) mass is 302 g/mol. The maximum absolute atomic E-state index is 12.4. The Morgan fingerprint density at radius 1 is 1.35 bits per heavy atom. The van der Waals surface area contributed by atoms with Crippen molar-refractivity contribution in [3.05, 3.63) is 0 Å². The van der Waals surface area contributed by atoms with Crippen LogP contribution >= 0.6 is 0 Å². The van der Waals surface area contributed by atoms with Gasteiger partial charge in [0.15, 0.2) is 5.60 Å². The van der Waals surface area contributed by atoms with E-state index in [1.807, 2.05) is 0 Å². The standard InChI is InChI=1S/C13H22N2O4S/c1-12(9-16)13(7-8-13)20(17,18)15-11(19-12)14-10-5-3-2-4-6-10/h10,16H,2-9H2,1H3,(H,14,15). The van der Waals surface area contributed by atoms with Crippen molar-refractivity contribution in [3.8, 4) is 0 Å². The summed E-state index contributed by atoms with van der Waals surface area (Å²) in [5.41, 5.74) is -1.09. The Balaban J connectivity index is 1.87. The van der Waals surface area contributed by atoms with Crippen molar-refractivity contribution >= 4 is 16.0 Å². The van der Waals surface area contributed by atoms with E-state index in [4.69, 9.17) is 4.74 Å². The zero-order valence-electron chi connectivity index (χ0n) is 11.8. The zero-order valence-corrected chi connectivity index (χ0v) is 12.6. The molecule has 114 valence electrons. The summed E-state index contributed by atoms with van der Waals surface area (Å²) < 4.78 is 32.1. The van der Waals surface area contributed by atoms with Gasteiger partial charge in [-0.15, -0.1) is 0 Å². The lowest BCUT2D eigenvalue weighted by atomic mass is 9.96. The van der Waals surface area contributed by atoms with Crippen LogP contribution in [0.2, 0.25) is 0 Å². The lowest BCUT2D eigenvalue weighted by Gasteiger charge is -2.41. The van der Waals surface area contributed by atoms with Crippen LogP contribution in [0.5, 0.6) is 0 Å². The number of amidine groups is 1. The first kappa shape index (κ1) is 14.1. The van der Waals surface area contributed by atoms with Crippen LogP contribution in [0.1, 0.15) is 51.9 Å². The van der Waals surface area contributed by atoms with Gasteiger partial charge >= 0.3 is 0 Å². The van der Waals surface area contributed by atoms with E-state index in [1.165, 1.54) is 6.42 Å². The minimum absolute atomic E-state index is 0.0611. The summed E-state index contributed by atoms with van der Waals surface area (Å²) in [6.45, 7) is 1.34. The van der Waals surface area contributed by atoms with E-state index < -0.39 is 20.4 Å². The van der Waals surface area contributed by atoms with Gasteiger partial charge in [0.2, 0.25) is 10.0 Å². The molecule has 1 saturated heterocycles. The molecule has 0 aromatic carbocycles. The summed E-state index contributed by atoms with van der Waals surface area (Å²) in [6, 6.07) is 0.184. The molecular formula is C13H22N2O4S. The molecule has 2 aliphatic carbocycles. The van der Waals surface area contributed by atoms with E-state index in [-0.39, 0.29) is 18.7 Å². The molecule has 2 N–H and O–H groups in total. The van der Waals surface area contributed by atoms with Crippen LogP contribution in [-0.4, -0.2) is 42.5 Å². The number of hydrogen-bond donors (Lipinski definition) is 2. The average Bonchev–Trinajstić information content (AvgIpc) is 3.20. The van der Waals surface area contributed by atoms with Gasteiger partial charge in [0.25, 0.3) is 6.02 Å². The van der Waals surface area contributed by atoms with Gasteiger partial charge in [-0.3, -0.25) is 0 Å². The van der Waals surface area contributed by atoms with Gasteiger partial charge in [-0.1, -0.05) is 19.3 Å². The van der Waals surface area contributed by atoms with E-state index in [0.29, 0.717) is 12.8 Å². The first-order valence-electron chi connectivity index (χ1n) is 7.33. The van der Waals surface area contributed by atoms with Gasteiger partial charge in [0.05, 0.1) is 12.6 Å². The molecule has 20 heavy (non-hydrogen) atoms. The van der Waals surface area contributed by atoms with Crippen molar-refractivity contribution in [1.29, 1.82) is 0 Å². The molecule has 3 fully saturated rings. The molecule has 1 spiro atoms. The second kappa shape index (κ2) is 4.59. The number of nitrogens with one attached hydrogen (secondary N) is 1. The zero-order chi connectivity index (χ0) is 14.4. The third kappa shape index (κ3) is 2.02. The maximum atomic E-state index is 12.4. The molecule has 7 heteroatoms. The highest BCUT2D eigenvalue weighted by Crippen LogP contribution is 2.54. The Morgan fingerprint density at radius 3 is 2.55 bits per heavy atom. The molecule has 1 unspecified atom stereocenters. The van der Waals surface area contributed by atoms with Gasteiger partial charge in [-0.25, -0.2) is 18.1 Å². The van der Waals surface area contributed by atoms with Gasteiger partial charge in [0.1, 0.15) is 4.75 Å². The minimum atomic E-state index is -3.54. The number of aliphatic imine (C=N–C) groups is 1. The van der Waals surface area contributed by atoms with Crippen molar-refractivity contribution in [2.75, 3.05) is 6.61 Å². The predicted octanol–water partition coefficient (Wildman–Crippen LogP) is 0.908. The molecule has 1 heterocycles. The Morgan fingerprint density at radius 2 is 2.00 bits per heavy atom. The van der Waals surface area contributed by atoms with Crippen molar-refractivity contribution < 1.29 is 18.3 Å². The fraction of sp³-hybridized carbons (Fsp3) is 0.923. The normalized spacial score (nSPS) is 37.4. The summed E-state index contributed by atoms with van der Waals surface area (Å²) in [7, 11) is -3.54. The van der Waals surface area contributed by atoms with Gasteiger partial charge in [-0.05, 0) is 32.6 Å². The Hall–Kier alpha value is -0.820. The maximum Gasteiger partial charge on any atom is 0.299 e. The molecule has 0 radical (unpaired) electrons. The smallest absolute Gasteiger partial charge is 0.299 e. The lowest BCUT2D eigenvalue weighted by molar-refractivity contribution is -0.00493. The van der Waals surface area contributed by atoms with E-state index in [0.717, 1.165) is 25.7 Å². The first-order chi connectivity index (χ1) is 9.42. The summed E-state index contributed by atoms with van der Waals surface area (Å²) in [5.74, 6) is 0. The van der Waals surface area contributed by atoms with E-state index in [9.17, 15) is 13.5 Å². The largest absolute Gasteiger partial charge is 0.454 e. The highest BCUT2D eigenvalue weighted by Gasteiger charge is 2.70. The Labute approximate surface area is 119 Å². The topological polar surface area (TPSA) is 88.0 Å². The van der Waals surface area contributed by atoms with Crippen LogP contribution < -0.4 is 4.72 Å². The first-order valence-corrected chi connectivity index (χ1v) is 8.81. The molecule has 6 nitrogen and oxygen atoms in total. The van der Waals surface area contributed by atoms with Gasteiger partial charge < -0.3 is 9.84 Å². The van der Waals surface area contributed by atoms with Crippen LogP contribution in [0.25, 0.3) is 0 Å². The lowest BCUT2D eigenvalue weighted by Crippen LogP contribution is -2.63. The highest BCUT2D eigenvalue weighted by atomic mass is 32.2. The van der Waals surface area contributed by atoms with Crippen molar-refractivity contribution in [1.82, 2.24) is 4.72 Å². The Kier molecular flexibility index (Phi) is 3.25. The third-order valence-electron chi connectivity index (χ3n) is 4.90. The van der Waals surface area contributed by atoms with Crippen molar-refractivity contribution in [2.45, 2.75) is 68.3 Å². The summed E-state index contributed by atoms with van der Waals surface area (Å²) in [4.78, 5) is 4.42. The van der Waals surface area contributed by atoms with E-state index in [2.05, 4.69) is 9.71 Å². The van der Waals surface area contributed by atoms with Crippen LogP contribution in [0, 0.1) is 0 Å². The van der Waals surface area contributed by atoms with Crippen LogP contribution in [-0.2, 0) is 14.8 Å². The number of sulfonamides is 1. The Bertz CT molecular complexity index is 520. The molecule has 1 atom stereocenters. The summed E-state index contributed by atoms with van der Waals surface area (Å²) in [5, 5.41) is 9.61. The number of aliphatic hydroxyl groups is 1. The predicted molar refractivity (Wildman–Crippen MR) is 74.9 cm³/mol. The SMILES string of the molecule is CC1(CO)OC(=NC2CCCCC2)NS(=O)(=O)C12CC2. The minimum Gasteiger partial charge on any atom is -0.454 e. The summed E-state index contributed by atoms with van der Waals surface area (Å²) >= 11 is 0. The van der Waals surface area contributed by atoms with Crippen molar-refractivity contribution in [2.24, 2.45) is 4.99 Å². The van der Waals surface area contributed by atoms with Gasteiger partial charge in [-0.2, -0.15) is 0 Å². The third-order valence-corrected chi connectivity index (χ3v) is 7.21. The van der Waals surface area contributed by atoms with Crippen LogP contribution in [0.15, 0.2) is 4.99 Å². The number of rotatable bonds is 2. The molecule has 1 aliphatic heterocycles. The van der Waals surface area contributed by atoms with Gasteiger partial charge in [0, 0.05) is 0 Å². The molecule has 0 amide bonds. The quantitative estimate of drug-likeness (QED) is 0.793. The molecular weight excluding hydrogens is 280 g/mol.